The Morgan fingerprint density at radius 3 is 2.77 bits per heavy atom. The summed E-state index contributed by atoms with van der Waals surface area (Å²) >= 11 is 0. The standard InChI is InChI=1S/C17H21NO4/c1-10-3-4-13(20)15(21)14(10)16-7-8-18-11(2)17(16,22)6-5-12(19)9-16/h3-6,11,18,20-22H,7-9H2,1-2H3/t11?,16-,17-/m1/s1. The highest BCUT2D eigenvalue weighted by atomic mass is 16.3. The van der Waals surface area contributed by atoms with Crippen LogP contribution in [0.2, 0.25) is 0 Å². The number of benzene rings is 1. The van der Waals surface area contributed by atoms with Gasteiger partial charge in [0.1, 0.15) is 5.60 Å². The molecule has 1 aromatic carbocycles. The Hall–Kier alpha value is -1.85. The van der Waals surface area contributed by atoms with Gasteiger partial charge in [0.25, 0.3) is 0 Å². The second-order valence-corrected chi connectivity index (χ2v) is 6.43. The molecule has 5 nitrogen and oxygen atoms in total. The van der Waals surface area contributed by atoms with Gasteiger partial charge in [-0.25, -0.2) is 0 Å². The van der Waals surface area contributed by atoms with E-state index in [4.69, 9.17) is 0 Å². The molecule has 22 heavy (non-hydrogen) atoms. The Morgan fingerprint density at radius 2 is 2.05 bits per heavy atom. The Kier molecular flexibility index (Phi) is 3.30. The minimum Gasteiger partial charge on any atom is -0.504 e. The second-order valence-electron chi connectivity index (χ2n) is 6.43. The first-order valence-corrected chi connectivity index (χ1v) is 7.52. The summed E-state index contributed by atoms with van der Waals surface area (Å²) < 4.78 is 0. The van der Waals surface area contributed by atoms with E-state index in [2.05, 4.69) is 5.32 Å². The molecule has 0 aromatic heterocycles. The van der Waals surface area contributed by atoms with Crippen LogP contribution in [0.3, 0.4) is 0 Å². The van der Waals surface area contributed by atoms with Gasteiger partial charge >= 0.3 is 0 Å². The topological polar surface area (TPSA) is 89.8 Å². The van der Waals surface area contributed by atoms with Crippen molar-refractivity contribution in [3.8, 4) is 11.5 Å². The molecule has 1 heterocycles. The minimum absolute atomic E-state index is 0.0825. The molecule has 3 rings (SSSR count). The third-order valence-electron chi connectivity index (χ3n) is 5.27. The summed E-state index contributed by atoms with van der Waals surface area (Å²) in [5.74, 6) is -0.554. The second kappa shape index (κ2) is 4.83. The molecule has 118 valence electrons. The van der Waals surface area contributed by atoms with Crippen molar-refractivity contribution in [2.75, 3.05) is 6.54 Å². The zero-order chi connectivity index (χ0) is 16.1. The maximum Gasteiger partial charge on any atom is 0.161 e. The van der Waals surface area contributed by atoms with Crippen molar-refractivity contribution >= 4 is 5.78 Å². The molecule has 0 bridgehead atoms. The molecular weight excluding hydrogens is 282 g/mol. The van der Waals surface area contributed by atoms with Gasteiger partial charge in [-0.15, -0.1) is 0 Å². The van der Waals surface area contributed by atoms with Crippen LogP contribution >= 0.6 is 0 Å². The molecule has 0 amide bonds. The fraction of sp³-hybridized carbons (Fsp3) is 0.471. The monoisotopic (exact) mass is 303 g/mol. The van der Waals surface area contributed by atoms with Crippen LogP contribution in [0, 0.1) is 6.92 Å². The number of aryl methyl sites for hydroxylation is 1. The van der Waals surface area contributed by atoms with Crippen molar-refractivity contribution in [3.05, 3.63) is 35.4 Å². The molecule has 1 aliphatic carbocycles. The molecule has 1 unspecified atom stereocenters. The van der Waals surface area contributed by atoms with Gasteiger partial charge in [-0.05, 0) is 50.6 Å². The van der Waals surface area contributed by atoms with Crippen molar-refractivity contribution in [1.82, 2.24) is 5.32 Å². The fourth-order valence-corrected chi connectivity index (χ4v) is 4.08. The highest BCUT2D eigenvalue weighted by molar-refractivity contribution is 5.93. The molecule has 1 aliphatic heterocycles. The van der Waals surface area contributed by atoms with Crippen molar-refractivity contribution in [2.45, 2.75) is 43.7 Å². The average molecular weight is 303 g/mol. The van der Waals surface area contributed by atoms with Gasteiger partial charge in [-0.1, -0.05) is 6.07 Å². The van der Waals surface area contributed by atoms with Crippen molar-refractivity contribution in [1.29, 1.82) is 0 Å². The number of carbonyl (C=O) groups excluding carboxylic acids is 1. The maximum atomic E-state index is 12.1. The average Bonchev–Trinajstić information content (AvgIpc) is 2.46. The zero-order valence-electron chi connectivity index (χ0n) is 12.8. The largest absolute Gasteiger partial charge is 0.504 e. The summed E-state index contributed by atoms with van der Waals surface area (Å²) in [4.78, 5) is 12.1. The first kappa shape index (κ1) is 15.1. The van der Waals surface area contributed by atoms with Crippen molar-refractivity contribution in [2.24, 2.45) is 0 Å². The number of hydrogen-bond donors (Lipinski definition) is 4. The number of fused-ring (bicyclic) bond motifs is 1. The lowest BCUT2D eigenvalue weighted by molar-refractivity contribution is -0.123. The Bertz CT molecular complexity index is 669. The molecule has 0 spiro atoms. The van der Waals surface area contributed by atoms with E-state index in [0.29, 0.717) is 18.5 Å². The maximum absolute atomic E-state index is 12.1. The van der Waals surface area contributed by atoms with E-state index >= 15 is 0 Å². The first-order chi connectivity index (χ1) is 10.3. The van der Waals surface area contributed by atoms with Crippen LogP contribution < -0.4 is 5.32 Å². The van der Waals surface area contributed by atoms with Crippen LogP contribution in [0.1, 0.15) is 30.9 Å². The summed E-state index contributed by atoms with van der Waals surface area (Å²) in [5.41, 5.74) is -1.00. The molecule has 1 saturated heterocycles. The number of hydrogen-bond acceptors (Lipinski definition) is 5. The number of rotatable bonds is 1. The van der Waals surface area contributed by atoms with Gasteiger partial charge < -0.3 is 20.6 Å². The van der Waals surface area contributed by atoms with E-state index in [1.807, 2.05) is 13.8 Å². The minimum atomic E-state index is -1.30. The molecule has 5 heteroatoms. The van der Waals surface area contributed by atoms with E-state index < -0.39 is 11.0 Å². The van der Waals surface area contributed by atoms with Crippen LogP contribution in [0.5, 0.6) is 11.5 Å². The summed E-state index contributed by atoms with van der Waals surface area (Å²) in [6.07, 6.45) is 3.57. The Labute approximate surface area is 129 Å². The lowest BCUT2D eigenvalue weighted by atomic mass is 9.55. The lowest BCUT2D eigenvalue weighted by Crippen LogP contribution is -2.67. The zero-order valence-corrected chi connectivity index (χ0v) is 12.8. The van der Waals surface area contributed by atoms with E-state index in [0.717, 1.165) is 5.56 Å². The van der Waals surface area contributed by atoms with Gasteiger partial charge in [0.15, 0.2) is 17.3 Å². The third kappa shape index (κ3) is 1.82. The molecule has 4 N–H and O–H groups in total. The Morgan fingerprint density at radius 1 is 1.32 bits per heavy atom. The number of phenolic OH excluding ortho intramolecular Hbond substituents is 2. The molecule has 3 atom stereocenters. The van der Waals surface area contributed by atoms with Crippen LogP contribution in [-0.2, 0) is 10.2 Å². The lowest BCUT2D eigenvalue weighted by Gasteiger charge is -2.54. The van der Waals surface area contributed by atoms with E-state index in [1.165, 1.54) is 12.1 Å². The smallest absolute Gasteiger partial charge is 0.161 e. The number of carbonyl (C=O) groups is 1. The first-order valence-electron chi connectivity index (χ1n) is 7.52. The quantitative estimate of drug-likeness (QED) is 0.587. The van der Waals surface area contributed by atoms with Crippen LogP contribution in [0.15, 0.2) is 24.3 Å². The van der Waals surface area contributed by atoms with E-state index in [-0.39, 0.29) is 29.7 Å². The summed E-state index contributed by atoms with van der Waals surface area (Å²) in [6, 6.07) is 2.86. The summed E-state index contributed by atoms with van der Waals surface area (Å²) in [6.45, 7) is 4.31. The van der Waals surface area contributed by atoms with Gasteiger partial charge in [0.2, 0.25) is 0 Å². The number of phenols is 2. The van der Waals surface area contributed by atoms with E-state index in [9.17, 15) is 20.1 Å². The number of allylic oxidation sites excluding steroid dienone is 1. The summed E-state index contributed by atoms with van der Waals surface area (Å²) in [5, 5.41) is 34.9. The highest BCUT2D eigenvalue weighted by Crippen LogP contribution is 2.53. The molecule has 2 aliphatic rings. The van der Waals surface area contributed by atoms with Crippen molar-refractivity contribution < 1.29 is 20.1 Å². The van der Waals surface area contributed by atoms with Gasteiger partial charge in [-0.2, -0.15) is 0 Å². The number of aromatic hydroxyl groups is 2. The van der Waals surface area contributed by atoms with Gasteiger partial charge in [0, 0.05) is 23.4 Å². The Balaban J connectivity index is 2.31. The molecule has 1 fully saturated rings. The van der Waals surface area contributed by atoms with Gasteiger partial charge in [-0.3, -0.25) is 4.79 Å². The fourth-order valence-electron chi connectivity index (χ4n) is 4.08. The van der Waals surface area contributed by atoms with Crippen LogP contribution in [-0.4, -0.2) is 39.3 Å². The molecule has 1 aromatic rings. The SMILES string of the molecule is Cc1ccc(O)c(O)c1[C@]12CCNC(C)[C@]1(O)C=CC(=O)C2. The van der Waals surface area contributed by atoms with Crippen LogP contribution in [0.25, 0.3) is 0 Å². The van der Waals surface area contributed by atoms with Crippen LogP contribution in [0.4, 0.5) is 0 Å². The number of piperidine rings is 1. The number of ketones is 1. The summed E-state index contributed by atoms with van der Waals surface area (Å²) in [7, 11) is 0. The number of aliphatic hydroxyl groups is 1. The molecule has 0 saturated carbocycles. The highest BCUT2D eigenvalue weighted by Gasteiger charge is 2.58. The number of nitrogens with one attached hydrogen (secondary N) is 1. The molecular formula is C17H21NO4. The third-order valence-corrected chi connectivity index (χ3v) is 5.27. The normalized spacial score (nSPS) is 34.5. The van der Waals surface area contributed by atoms with E-state index in [1.54, 1.807) is 12.1 Å². The van der Waals surface area contributed by atoms with Gasteiger partial charge in [0.05, 0.1) is 0 Å². The van der Waals surface area contributed by atoms with Crippen molar-refractivity contribution in [3.63, 3.8) is 0 Å². The predicted octanol–water partition coefficient (Wildman–Crippen LogP) is 1.29. The molecule has 0 radical (unpaired) electrons. The predicted molar refractivity (Wildman–Crippen MR) is 82.0 cm³/mol.